The first-order valence-corrected chi connectivity index (χ1v) is 12.4. The molecule has 0 amide bonds. The minimum absolute atomic E-state index is 0.371. The molecule has 0 aliphatic carbocycles. The summed E-state index contributed by atoms with van der Waals surface area (Å²) >= 11 is 6.61. The van der Waals surface area contributed by atoms with E-state index in [0.29, 0.717) is 52.4 Å². The van der Waals surface area contributed by atoms with Crippen LogP contribution in [0.2, 0.25) is 5.02 Å². The summed E-state index contributed by atoms with van der Waals surface area (Å²) in [6, 6.07) is 23.1. The summed E-state index contributed by atoms with van der Waals surface area (Å²) in [5.41, 5.74) is 10.5. The third-order valence-corrected chi connectivity index (χ3v) is 6.31. The van der Waals surface area contributed by atoms with Crippen molar-refractivity contribution in [3.8, 4) is 22.5 Å². The van der Waals surface area contributed by atoms with Crippen molar-refractivity contribution in [2.75, 3.05) is 17.6 Å². The molecule has 0 atom stereocenters. The Labute approximate surface area is 220 Å². The summed E-state index contributed by atoms with van der Waals surface area (Å²) in [6.07, 6.45) is 2.25. The fourth-order valence-corrected chi connectivity index (χ4v) is 4.41. The van der Waals surface area contributed by atoms with Crippen molar-refractivity contribution in [1.29, 1.82) is 0 Å². The quantitative estimate of drug-likeness (QED) is 0.251. The molecule has 0 aliphatic rings. The van der Waals surface area contributed by atoms with Gasteiger partial charge < -0.3 is 16.2 Å². The Kier molecular flexibility index (Phi) is 6.74. The lowest BCUT2D eigenvalue weighted by Crippen LogP contribution is -2.18. The van der Waals surface area contributed by atoms with Crippen molar-refractivity contribution in [2.24, 2.45) is 0 Å². The zero-order valence-corrected chi connectivity index (χ0v) is 21.4. The number of fused-ring (bicyclic) bond motifs is 1. The summed E-state index contributed by atoms with van der Waals surface area (Å²) in [7, 11) is 0. The SMILES string of the molecule is CC(C)(O)c1cccc(NCCc2nc(-c3cc(Cl)c4ncccc4c3)c(-c3ccccc3)nc2N)n1. The van der Waals surface area contributed by atoms with Gasteiger partial charge in [0, 0.05) is 35.7 Å². The highest BCUT2D eigenvalue weighted by Crippen LogP contribution is 2.35. The van der Waals surface area contributed by atoms with E-state index in [2.05, 4.69) is 15.3 Å². The Bertz CT molecular complexity index is 1570. The zero-order valence-electron chi connectivity index (χ0n) is 20.6. The summed E-state index contributed by atoms with van der Waals surface area (Å²) < 4.78 is 0. The molecule has 0 radical (unpaired) electrons. The number of nitrogens with zero attached hydrogens (tertiary/aromatic N) is 4. The van der Waals surface area contributed by atoms with Crippen LogP contribution in [0.1, 0.15) is 25.2 Å². The lowest BCUT2D eigenvalue weighted by Gasteiger charge is -2.17. The molecule has 0 unspecified atom stereocenters. The number of nitrogens with two attached hydrogens (primary N) is 1. The molecular formula is C29H27ClN6O. The van der Waals surface area contributed by atoms with Crippen molar-refractivity contribution >= 4 is 34.1 Å². The first kappa shape index (κ1) is 24.6. The number of halogens is 1. The van der Waals surface area contributed by atoms with Crippen molar-refractivity contribution in [2.45, 2.75) is 25.9 Å². The topological polar surface area (TPSA) is 110 Å². The molecular weight excluding hydrogens is 484 g/mol. The average Bonchev–Trinajstić information content (AvgIpc) is 2.89. The molecule has 4 N–H and O–H groups in total. The summed E-state index contributed by atoms with van der Waals surface area (Å²) in [6.45, 7) is 3.95. The molecule has 2 aromatic carbocycles. The molecule has 5 rings (SSSR count). The normalized spacial score (nSPS) is 11.6. The highest BCUT2D eigenvalue weighted by atomic mass is 35.5. The molecule has 186 valence electrons. The highest BCUT2D eigenvalue weighted by Gasteiger charge is 2.19. The van der Waals surface area contributed by atoms with Crippen LogP contribution in [-0.2, 0) is 12.0 Å². The number of hydrogen-bond acceptors (Lipinski definition) is 7. The van der Waals surface area contributed by atoms with Gasteiger partial charge in [-0.3, -0.25) is 4.98 Å². The average molecular weight is 511 g/mol. The lowest BCUT2D eigenvalue weighted by atomic mass is 10.0. The largest absolute Gasteiger partial charge is 0.384 e. The standard InChI is InChI=1S/C29H27ClN6O/c1-29(2,37)23-11-6-12-24(35-23)32-15-13-22-28(31)36-26(18-8-4-3-5-9-18)27(34-22)20-16-19-10-7-14-33-25(19)21(30)17-20/h3-12,14,16-17,37H,13,15H2,1-2H3,(H2,31,36)(H,32,35). The van der Waals surface area contributed by atoms with Gasteiger partial charge >= 0.3 is 0 Å². The Morgan fingerprint density at radius 3 is 2.46 bits per heavy atom. The van der Waals surface area contributed by atoms with Crippen molar-refractivity contribution in [3.63, 3.8) is 0 Å². The number of rotatable bonds is 7. The number of anilines is 2. The second-order valence-corrected chi connectivity index (χ2v) is 9.70. The van der Waals surface area contributed by atoms with Crippen LogP contribution in [0.4, 0.5) is 11.6 Å². The van der Waals surface area contributed by atoms with Crippen molar-refractivity contribution in [3.05, 3.63) is 95.4 Å². The molecule has 3 heterocycles. The van der Waals surface area contributed by atoms with Gasteiger partial charge in [0.25, 0.3) is 0 Å². The summed E-state index contributed by atoms with van der Waals surface area (Å²) in [5, 5.41) is 15.0. The fraction of sp³-hybridized carbons (Fsp3) is 0.172. The van der Waals surface area contributed by atoms with E-state index in [-0.39, 0.29) is 0 Å². The number of benzene rings is 2. The van der Waals surface area contributed by atoms with E-state index in [9.17, 15) is 5.11 Å². The van der Waals surface area contributed by atoms with E-state index in [0.717, 1.165) is 22.0 Å². The van der Waals surface area contributed by atoms with Gasteiger partial charge in [0.1, 0.15) is 17.2 Å². The summed E-state index contributed by atoms with van der Waals surface area (Å²) in [4.78, 5) is 18.7. The lowest BCUT2D eigenvalue weighted by molar-refractivity contribution is 0.0740. The van der Waals surface area contributed by atoms with Crippen LogP contribution in [0.15, 0.2) is 79.0 Å². The van der Waals surface area contributed by atoms with Crippen LogP contribution >= 0.6 is 11.6 Å². The van der Waals surface area contributed by atoms with Gasteiger partial charge in [0.2, 0.25) is 0 Å². The number of pyridine rings is 2. The first-order valence-electron chi connectivity index (χ1n) is 12.0. The van der Waals surface area contributed by atoms with E-state index in [1.807, 2.05) is 66.7 Å². The third kappa shape index (κ3) is 5.38. The van der Waals surface area contributed by atoms with Crippen molar-refractivity contribution < 1.29 is 5.11 Å². The molecule has 8 heteroatoms. The number of hydrogen-bond donors (Lipinski definition) is 3. The predicted molar refractivity (Wildman–Crippen MR) is 149 cm³/mol. The maximum absolute atomic E-state index is 10.3. The van der Waals surface area contributed by atoms with Gasteiger partial charge in [-0.05, 0) is 44.2 Å². The molecule has 37 heavy (non-hydrogen) atoms. The summed E-state index contributed by atoms with van der Waals surface area (Å²) in [5.74, 6) is 1.04. The number of nitrogens with one attached hydrogen (secondary N) is 1. The van der Waals surface area contributed by atoms with Gasteiger partial charge in [-0.2, -0.15) is 0 Å². The molecule has 3 aromatic heterocycles. The van der Waals surface area contributed by atoms with Crippen LogP contribution in [0.25, 0.3) is 33.4 Å². The van der Waals surface area contributed by atoms with Crippen LogP contribution in [-0.4, -0.2) is 31.6 Å². The second kappa shape index (κ2) is 10.1. The van der Waals surface area contributed by atoms with E-state index >= 15 is 0 Å². The third-order valence-electron chi connectivity index (χ3n) is 6.02. The number of aromatic nitrogens is 4. The molecule has 0 aliphatic heterocycles. The smallest absolute Gasteiger partial charge is 0.146 e. The van der Waals surface area contributed by atoms with Crippen molar-refractivity contribution in [1.82, 2.24) is 19.9 Å². The molecule has 0 bridgehead atoms. The Morgan fingerprint density at radius 2 is 1.68 bits per heavy atom. The van der Waals surface area contributed by atoms with E-state index < -0.39 is 5.60 Å². The maximum Gasteiger partial charge on any atom is 0.146 e. The van der Waals surface area contributed by atoms with Gasteiger partial charge in [-0.25, -0.2) is 15.0 Å². The van der Waals surface area contributed by atoms with E-state index in [1.165, 1.54) is 0 Å². The molecule has 7 nitrogen and oxygen atoms in total. The first-order chi connectivity index (χ1) is 17.8. The van der Waals surface area contributed by atoms with Crippen LogP contribution in [0.5, 0.6) is 0 Å². The van der Waals surface area contributed by atoms with Crippen LogP contribution in [0, 0.1) is 0 Å². The second-order valence-electron chi connectivity index (χ2n) is 9.30. The zero-order chi connectivity index (χ0) is 26.0. The monoisotopic (exact) mass is 510 g/mol. The molecule has 0 spiro atoms. The van der Waals surface area contributed by atoms with Gasteiger partial charge in [0.15, 0.2) is 0 Å². The van der Waals surface area contributed by atoms with Gasteiger partial charge in [-0.15, -0.1) is 0 Å². The Morgan fingerprint density at radius 1 is 0.892 bits per heavy atom. The Hall–Kier alpha value is -4.07. The van der Waals surface area contributed by atoms with Gasteiger partial charge in [0.05, 0.1) is 33.3 Å². The van der Waals surface area contributed by atoms with E-state index in [1.54, 1.807) is 26.1 Å². The number of aliphatic hydroxyl groups is 1. The predicted octanol–water partition coefficient (Wildman–Crippen LogP) is 5.87. The van der Waals surface area contributed by atoms with Crippen LogP contribution in [0.3, 0.4) is 0 Å². The molecule has 0 fully saturated rings. The van der Waals surface area contributed by atoms with Gasteiger partial charge in [-0.1, -0.05) is 54.1 Å². The minimum Gasteiger partial charge on any atom is -0.384 e. The fourth-order valence-electron chi connectivity index (χ4n) is 4.13. The van der Waals surface area contributed by atoms with E-state index in [4.69, 9.17) is 27.3 Å². The molecule has 0 saturated heterocycles. The van der Waals surface area contributed by atoms with Crippen LogP contribution < -0.4 is 11.1 Å². The molecule has 5 aromatic rings. The highest BCUT2D eigenvalue weighted by molar-refractivity contribution is 6.35. The maximum atomic E-state index is 10.3. The minimum atomic E-state index is -1.02. The molecule has 0 saturated carbocycles. The Balaban J connectivity index is 1.50. The number of nitrogen functional groups attached to an aromatic ring is 1.